The molecule has 36 heavy (non-hydrogen) atoms. The first-order valence-electron chi connectivity index (χ1n) is 12.2. The molecule has 194 valence electrons. The van der Waals surface area contributed by atoms with E-state index >= 15 is 0 Å². The molecule has 3 aliphatic rings. The number of hydrogen-bond acceptors (Lipinski definition) is 6. The van der Waals surface area contributed by atoms with Crippen LogP contribution in [0.2, 0.25) is 0 Å². The van der Waals surface area contributed by atoms with Crippen LogP contribution in [0.25, 0.3) is 0 Å². The van der Waals surface area contributed by atoms with Gasteiger partial charge in [-0.2, -0.15) is 0 Å². The number of carbonyl (C=O) groups excluding carboxylic acids is 1. The minimum atomic E-state index is -2.58. The van der Waals surface area contributed by atoms with Crippen LogP contribution < -0.4 is 9.47 Å². The quantitative estimate of drug-likeness (QED) is 0.573. The van der Waals surface area contributed by atoms with E-state index in [-0.39, 0.29) is 62.0 Å². The molecule has 10 heteroatoms. The van der Waals surface area contributed by atoms with Gasteiger partial charge in [0, 0.05) is 25.8 Å². The van der Waals surface area contributed by atoms with Crippen LogP contribution in [0.1, 0.15) is 48.2 Å². The Morgan fingerprint density at radius 3 is 2.75 bits per heavy atom. The molecule has 1 aromatic heterocycles. The number of pyridine rings is 1. The van der Waals surface area contributed by atoms with Gasteiger partial charge in [0.2, 0.25) is 5.92 Å². The number of aromatic nitrogens is 1. The van der Waals surface area contributed by atoms with Crippen molar-refractivity contribution >= 4 is 5.91 Å². The molecule has 0 N–H and O–H groups in total. The van der Waals surface area contributed by atoms with Crippen molar-refractivity contribution in [2.45, 2.75) is 49.7 Å². The summed E-state index contributed by atoms with van der Waals surface area (Å²) in [6.45, 7) is 1.00. The first-order valence-corrected chi connectivity index (χ1v) is 12.2. The summed E-state index contributed by atoms with van der Waals surface area (Å²) < 4.78 is 63.6. The van der Waals surface area contributed by atoms with Crippen LogP contribution in [0, 0.1) is 11.7 Å². The molecule has 2 aliphatic heterocycles. The predicted molar refractivity (Wildman–Crippen MR) is 123 cm³/mol. The van der Waals surface area contributed by atoms with Gasteiger partial charge in [-0.15, -0.1) is 0 Å². The molecule has 7 nitrogen and oxygen atoms in total. The van der Waals surface area contributed by atoms with Crippen molar-refractivity contribution < 1.29 is 36.9 Å². The monoisotopic (exact) mass is 506 g/mol. The number of fused-ring (bicyclic) bond motifs is 1. The molecule has 0 spiro atoms. The van der Waals surface area contributed by atoms with Crippen molar-refractivity contribution in [2.75, 3.05) is 33.6 Å². The second-order valence-electron chi connectivity index (χ2n) is 9.63. The standard InChI is InChI=1S/C26H29F3N2O5/c1-33-23-21(34-15-17-7-9-25(28,29)10-8-17)6-5-20(30-23)24(32)31-12-11-26(22(14-31)35-16-36-26)18-3-2-4-19(27)13-18/h2-6,13,17,22H,7-12,14-16H2,1H3. The number of methoxy groups -OCH3 is 1. The molecule has 5 rings (SSSR count). The van der Waals surface area contributed by atoms with Crippen molar-refractivity contribution in [2.24, 2.45) is 5.92 Å². The minimum absolute atomic E-state index is 0.0379. The van der Waals surface area contributed by atoms with Crippen LogP contribution in [0.5, 0.6) is 11.6 Å². The van der Waals surface area contributed by atoms with E-state index in [9.17, 15) is 18.0 Å². The molecular formula is C26H29F3N2O5. The van der Waals surface area contributed by atoms with Gasteiger partial charge in [-0.25, -0.2) is 18.2 Å². The Morgan fingerprint density at radius 1 is 1.19 bits per heavy atom. The zero-order valence-electron chi connectivity index (χ0n) is 20.1. The highest BCUT2D eigenvalue weighted by Gasteiger charge is 2.51. The normalized spacial score (nSPS) is 25.9. The van der Waals surface area contributed by atoms with E-state index in [1.54, 1.807) is 23.1 Å². The lowest BCUT2D eigenvalue weighted by Crippen LogP contribution is -2.53. The van der Waals surface area contributed by atoms with Crippen LogP contribution in [-0.2, 0) is 15.1 Å². The maximum absolute atomic E-state index is 13.9. The molecule has 1 amide bonds. The van der Waals surface area contributed by atoms with Crippen LogP contribution >= 0.6 is 0 Å². The Bertz CT molecular complexity index is 1110. The van der Waals surface area contributed by atoms with E-state index in [2.05, 4.69) is 4.98 Å². The maximum atomic E-state index is 13.9. The van der Waals surface area contributed by atoms with E-state index in [0.29, 0.717) is 37.1 Å². The van der Waals surface area contributed by atoms with Crippen molar-refractivity contribution in [3.05, 3.63) is 53.5 Å². The molecular weight excluding hydrogens is 477 g/mol. The highest BCUT2D eigenvalue weighted by atomic mass is 19.3. The molecule has 3 heterocycles. The fraction of sp³-hybridized carbons (Fsp3) is 0.538. The summed E-state index contributed by atoms with van der Waals surface area (Å²) in [5, 5.41) is 0. The number of amides is 1. The largest absolute Gasteiger partial charge is 0.488 e. The first-order chi connectivity index (χ1) is 17.3. The number of hydrogen-bond donors (Lipinski definition) is 0. The summed E-state index contributed by atoms with van der Waals surface area (Å²) in [4.78, 5) is 19.3. The van der Waals surface area contributed by atoms with Crippen LogP contribution in [0.15, 0.2) is 36.4 Å². The van der Waals surface area contributed by atoms with Gasteiger partial charge in [0.1, 0.15) is 30.0 Å². The molecule has 2 aromatic rings. The molecule has 2 atom stereocenters. The van der Waals surface area contributed by atoms with E-state index < -0.39 is 17.6 Å². The fourth-order valence-corrected chi connectivity index (χ4v) is 5.26. The average molecular weight is 507 g/mol. The van der Waals surface area contributed by atoms with E-state index in [1.807, 2.05) is 6.07 Å². The Kier molecular flexibility index (Phi) is 6.82. The van der Waals surface area contributed by atoms with E-state index in [4.69, 9.17) is 18.9 Å². The third-order valence-electron chi connectivity index (χ3n) is 7.39. The molecule has 0 radical (unpaired) electrons. The van der Waals surface area contributed by atoms with Gasteiger partial charge in [-0.1, -0.05) is 12.1 Å². The van der Waals surface area contributed by atoms with Crippen molar-refractivity contribution in [1.29, 1.82) is 0 Å². The summed E-state index contributed by atoms with van der Waals surface area (Å²) in [7, 11) is 1.43. The highest BCUT2D eigenvalue weighted by Crippen LogP contribution is 2.43. The van der Waals surface area contributed by atoms with Gasteiger partial charge in [0.25, 0.3) is 11.8 Å². The summed E-state index contributed by atoms with van der Waals surface area (Å²) in [6.07, 6.45) is 0.554. The number of piperidine rings is 1. The van der Waals surface area contributed by atoms with Crippen molar-refractivity contribution in [1.82, 2.24) is 9.88 Å². The number of carbonyl (C=O) groups is 1. The van der Waals surface area contributed by atoms with Crippen LogP contribution in [0.4, 0.5) is 13.2 Å². The van der Waals surface area contributed by atoms with Crippen molar-refractivity contribution in [3.63, 3.8) is 0 Å². The summed E-state index contributed by atoms with van der Waals surface area (Å²) in [5.74, 6) is -2.67. The average Bonchev–Trinajstić information content (AvgIpc) is 3.32. The zero-order chi connectivity index (χ0) is 25.3. The number of likely N-dealkylation sites (tertiary alicyclic amines) is 1. The summed E-state index contributed by atoms with van der Waals surface area (Å²) in [5.41, 5.74) is 0.0823. The number of alkyl halides is 2. The SMILES string of the molecule is COc1nc(C(=O)N2CCC3(c4cccc(F)c4)OCOC3C2)ccc1OCC1CCC(F)(F)CC1. The van der Waals surface area contributed by atoms with Gasteiger partial charge in [-0.05, 0) is 48.6 Å². The second-order valence-corrected chi connectivity index (χ2v) is 9.63. The zero-order valence-corrected chi connectivity index (χ0v) is 20.1. The predicted octanol–water partition coefficient (Wildman–Crippen LogP) is 4.55. The maximum Gasteiger partial charge on any atom is 0.272 e. The molecule has 1 saturated carbocycles. The van der Waals surface area contributed by atoms with Gasteiger partial charge in [0.05, 0.1) is 20.3 Å². The molecule has 2 unspecified atom stereocenters. The lowest BCUT2D eigenvalue weighted by Gasteiger charge is -2.41. The lowest BCUT2D eigenvalue weighted by molar-refractivity contribution is -0.0499. The number of rotatable bonds is 6. The van der Waals surface area contributed by atoms with Crippen LogP contribution in [-0.4, -0.2) is 61.4 Å². The number of ether oxygens (including phenoxy) is 4. The minimum Gasteiger partial charge on any atom is -0.488 e. The Balaban J connectivity index is 1.24. The Morgan fingerprint density at radius 2 is 2.00 bits per heavy atom. The molecule has 1 aliphatic carbocycles. The summed E-state index contributed by atoms with van der Waals surface area (Å²) >= 11 is 0. The van der Waals surface area contributed by atoms with Gasteiger partial charge >= 0.3 is 0 Å². The molecule has 2 saturated heterocycles. The third-order valence-corrected chi connectivity index (χ3v) is 7.39. The highest BCUT2D eigenvalue weighted by molar-refractivity contribution is 5.92. The van der Waals surface area contributed by atoms with Crippen molar-refractivity contribution in [3.8, 4) is 11.6 Å². The second kappa shape index (κ2) is 9.89. The molecule has 1 aromatic carbocycles. The van der Waals surface area contributed by atoms with E-state index in [1.165, 1.54) is 19.2 Å². The lowest BCUT2D eigenvalue weighted by atomic mass is 9.82. The number of benzene rings is 1. The van der Waals surface area contributed by atoms with Gasteiger partial charge in [-0.3, -0.25) is 4.79 Å². The summed E-state index contributed by atoms with van der Waals surface area (Å²) in [6, 6.07) is 9.46. The van der Waals surface area contributed by atoms with E-state index in [0.717, 1.165) is 0 Å². The van der Waals surface area contributed by atoms with Crippen LogP contribution in [0.3, 0.4) is 0 Å². The number of nitrogens with zero attached hydrogens (tertiary/aromatic N) is 2. The van der Waals surface area contributed by atoms with Gasteiger partial charge < -0.3 is 23.8 Å². The molecule has 0 bridgehead atoms. The Labute approximate surface area is 207 Å². The fourth-order valence-electron chi connectivity index (χ4n) is 5.26. The number of halogens is 3. The topological polar surface area (TPSA) is 70.1 Å². The Hall–Kier alpha value is -2.85. The molecule has 3 fully saturated rings. The first kappa shape index (κ1) is 24.8. The van der Waals surface area contributed by atoms with Gasteiger partial charge in [0.15, 0.2) is 5.75 Å². The third kappa shape index (κ3) is 4.88. The smallest absolute Gasteiger partial charge is 0.272 e.